The van der Waals surface area contributed by atoms with E-state index in [-0.39, 0.29) is 12.5 Å². The molecule has 17 heavy (non-hydrogen) atoms. The van der Waals surface area contributed by atoms with Crippen molar-refractivity contribution in [2.24, 2.45) is 0 Å². The number of anilines is 2. The van der Waals surface area contributed by atoms with Crippen LogP contribution in [0.15, 0.2) is 36.5 Å². The molecule has 0 fully saturated rings. The topological polar surface area (TPSA) is 72.9 Å². The van der Waals surface area contributed by atoms with E-state index in [1.54, 1.807) is 12.3 Å². The van der Waals surface area contributed by atoms with Crippen LogP contribution in [0.2, 0.25) is 0 Å². The quantitative estimate of drug-likeness (QED) is 0.837. The van der Waals surface area contributed by atoms with Crippen LogP contribution in [0.4, 0.5) is 11.5 Å². The molecule has 0 radical (unpaired) electrons. The first-order valence-electron chi connectivity index (χ1n) is 5.29. The molecule has 1 aromatic heterocycles. The van der Waals surface area contributed by atoms with Gasteiger partial charge in [-0.3, -0.25) is 9.48 Å². The van der Waals surface area contributed by atoms with Gasteiger partial charge in [0.1, 0.15) is 12.4 Å². The zero-order valence-electron chi connectivity index (χ0n) is 9.55. The summed E-state index contributed by atoms with van der Waals surface area (Å²) >= 11 is 0. The molecule has 1 amide bonds. The lowest BCUT2D eigenvalue weighted by Crippen LogP contribution is -2.19. The van der Waals surface area contributed by atoms with Crippen LogP contribution in [-0.2, 0) is 11.3 Å². The second-order valence-corrected chi connectivity index (χ2v) is 3.85. The average Bonchev–Trinajstić information content (AvgIpc) is 2.67. The summed E-state index contributed by atoms with van der Waals surface area (Å²) in [6, 6.07) is 9.28. The molecule has 0 saturated carbocycles. The van der Waals surface area contributed by atoms with Crippen molar-refractivity contribution in [3.05, 3.63) is 42.1 Å². The molecule has 0 aliphatic carbocycles. The summed E-state index contributed by atoms with van der Waals surface area (Å²) in [5.74, 6) is 0.282. The minimum absolute atomic E-state index is 0.128. The zero-order valence-corrected chi connectivity index (χ0v) is 9.55. The van der Waals surface area contributed by atoms with Gasteiger partial charge in [0.05, 0.1) is 0 Å². The maximum Gasteiger partial charge on any atom is 0.246 e. The third-order valence-electron chi connectivity index (χ3n) is 2.30. The summed E-state index contributed by atoms with van der Waals surface area (Å²) in [7, 11) is 0. The fourth-order valence-corrected chi connectivity index (χ4v) is 1.45. The molecular weight excluding hydrogens is 216 g/mol. The van der Waals surface area contributed by atoms with Crippen LogP contribution in [0.3, 0.4) is 0 Å². The van der Waals surface area contributed by atoms with Gasteiger partial charge >= 0.3 is 0 Å². The molecule has 2 aromatic rings. The number of nitrogen functional groups attached to an aromatic ring is 1. The minimum Gasteiger partial charge on any atom is -0.382 e. The molecule has 1 aromatic carbocycles. The van der Waals surface area contributed by atoms with Crippen molar-refractivity contribution in [1.82, 2.24) is 9.78 Å². The molecule has 5 heteroatoms. The Balaban J connectivity index is 1.95. The minimum atomic E-state index is -0.128. The van der Waals surface area contributed by atoms with Gasteiger partial charge in [0.15, 0.2) is 0 Å². The summed E-state index contributed by atoms with van der Waals surface area (Å²) < 4.78 is 1.50. The van der Waals surface area contributed by atoms with E-state index in [2.05, 4.69) is 10.4 Å². The maximum atomic E-state index is 11.7. The van der Waals surface area contributed by atoms with E-state index in [9.17, 15) is 4.79 Å². The molecule has 5 nitrogen and oxygen atoms in total. The van der Waals surface area contributed by atoms with Gasteiger partial charge in [-0.05, 0) is 25.1 Å². The molecule has 88 valence electrons. The monoisotopic (exact) mass is 230 g/mol. The van der Waals surface area contributed by atoms with E-state index in [1.807, 2.05) is 31.2 Å². The van der Waals surface area contributed by atoms with Crippen LogP contribution in [0, 0.1) is 6.92 Å². The number of carbonyl (C=O) groups is 1. The Bertz CT molecular complexity index is 516. The third-order valence-corrected chi connectivity index (χ3v) is 2.30. The number of nitrogens with one attached hydrogen (secondary N) is 1. The second-order valence-electron chi connectivity index (χ2n) is 3.85. The van der Waals surface area contributed by atoms with Crippen LogP contribution in [0.1, 0.15) is 5.56 Å². The SMILES string of the molecule is Cc1ccc(NC(=O)Cn2ccc(N)n2)cc1. The fraction of sp³-hybridized carbons (Fsp3) is 0.167. The number of nitrogens with zero attached hydrogens (tertiary/aromatic N) is 2. The van der Waals surface area contributed by atoms with Gasteiger partial charge in [0, 0.05) is 11.9 Å². The second kappa shape index (κ2) is 4.69. The Morgan fingerprint density at radius 3 is 2.65 bits per heavy atom. The smallest absolute Gasteiger partial charge is 0.246 e. The molecule has 1 heterocycles. The van der Waals surface area contributed by atoms with Gasteiger partial charge in [-0.2, -0.15) is 5.10 Å². The van der Waals surface area contributed by atoms with Gasteiger partial charge in [-0.15, -0.1) is 0 Å². The molecule has 3 N–H and O–H groups in total. The van der Waals surface area contributed by atoms with Crippen LogP contribution < -0.4 is 11.1 Å². The Kier molecular flexibility index (Phi) is 3.09. The lowest BCUT2D eigenvalue weighted by atomic mass is 10.2. The highest BCUT2D eigenvalue weighted by molar-refractivity contribution is 5.90. The molecule has 0 aliphatic rings. The molecule has 0 saturated heterocycles. The molecule has 0 spiro atoms. The largest absolute Gasteiger partial charge is 0.382 e. The molecule has 0 aliphatic heterocycles. The van der Waals surface area contributed by atoms with Crippen molar-refractivity contribution in [1.29, 1.82) is 0 Å². The summed E-state index contributed by atoms with van der Waals surface area (Å²) in [5.41, 5.74) is 7.39. The van der Waals surface area contributed by atoms with E-state index in [0.29, 0.717) is 5.82 Å². The van der Waals surface area contributed by atoms with Crippen molar-refractivity contribution >= 4 is 17.4 Å². The number of benzene rings is 1. The fourth-order valence-electron chi connectivity index (χ4n) is 1.45. The van der Waals surface area contributed by atoms with Crippen LogP contribution in [-0.4, -0.2) is 15.7 Å². The van der Waals surface area contributed by atoms with Gasteiger partial charge in [0.2, 0.25) is 5.91 Å². The zero-order chi connectivity index (χ0) is 12.3. The molecular formula is C12H14N4O. The standard InChI is InChI=1S/C12H14N4O/c1-9-2-4-10(5-3-9)14-12(17)8-16-7-6-11(13)15-16/h2-7H,8H2,1H3,(H2,13,15)(H,14,17). The first kappa shape index (κ1) is 11.2. The highest BCUT2D eigenvalue weighted by atomic mass is 16.2. The average molecular weight is 230 g/mol. The summed E-state index contributed by atoms with van der Waals surface area (Å²) in [6.07, 6.45) is 1.67. The molecule has 0 unspecified atom stereocenters. The Labute approximate surface area is 99.2 Å². The van der Waals surface area contributed by atoms with E-state index >= 15 is 0 Å². The van der Waals surface area contributed by atoms with Crippen LogP contribution in [0.5, 0.6) is 0 Å². The maximum absolute atomic E-state index is 11.7. The number of amides is 1. The van der Waals surface area contributed by atoms with Gasteiger partial charge < -0.3 is 11.1 Å². The van der Waals surface area contributed by atoms with Gasteiger partial charge in [-0.25, -0.2) is 0 Å². The number of aryl methyl sites for hydroxylation is 1. The van der Waals surface area contributed by atoms with Crippen molar-refractivity contribution in [2.75, 3.05) is 11.1 Å². The number of carbonyl (C=O) groups excluding carboxylic acids is 1. The summed E-state index contributed by atoms with van der Waals surface area (Å²) in [6.45, 7) is 2.16. The molecule has 0 atom stereocenters. The number of aromatic nitrogens is 2. The first-order chi connectivity index (χ1) is 8.13. The number of hydrogen-bond acceptors (Lipinski definition) is 3. The van der Waals surface area contributed by atoms with Crippen molar-refractivity contribution in [3.8, 4) is 0 Å². The van der Waals surface area contributed by atoms with Gasteiger partial charge in [-0.1, -0.05) is 17.7 Å². The van der Waals surface area contributed by atoms with E-state index in [0.717, 1.165) is 11.3 Å². The Morgan fingerprint density at radius 1 is 1.35 bits per heavy atom. The Hall–Kier alpha value is -2.30. The van der Waals surface area contributed by atoms with Crippen molar-refractivity contribution in [3.63, 3.8) is 0 Å². The number of hydrogen-bond donors (Lipinski definition) is 2. The molecule has 2 rings (SSSR count). The predicted octanol–water partition coefficient (Wildman–Crippen LogP) is 1.41. The van der Waals surface area contributed by atoms with Crippen molar-refractivity contribution < 1.29 is 4.79 Å². The summed E-state index contributed by atoms with van der Waals surface area (Å²) in [5, 5.41) is 6.73. The predicted molar refractivity (Wildman–Crippen MR) is 66.4 cm³/mol. The van der Waals surface area contributed by atoms with Crippen LogP contribution in [0.25, 0.3) is 0 Å². The van der Waals surface area contributed by atoms with Crippen LogP contribution >= 0.6 is 0 Å². The lowest BCUT2D eigenvalue weighted by molar-refractivity contribution is -0.116. The third kappa shape index (κ3) is 3.07. The van der Waals surface area contributed by atoms with E-state index < -0.39 is 0 Å². The normalized spacial score (nSPS) is 10.2. The molecule has 0 bridgehead atoms. The van der Waals surface area contributed by atoms with E-state index in [1.165, 1.54) is 4.68 Å². The highest BCUT2D eigenvalue weighted by Gasteiger charge is 2.04. The lowest BCUT2D eigenvalue weighted by Gasteiger charge is -2.05. The first-order valence-corrected chi connectivity index (χ1v) is 5.29. The summed E-state index contributed by atoms with van der Waals surface area (Å²) in [4.78, 5) is 11.7. The van der Waals surface area contributed by atoms with E-state index in [4.69, 9.17) is 5.73 Å². The highest BCUT2D eigenvalue weighted by Crippen LogP contribution is 2.08. The Morgan fingerprint density at radius 2 is 2.06 bits per heavy atom. The van der Waals surface area contributed by atoms with Crippen molar-refractivity contribution in [2.45, 2.75) is 13.5 Å². The number of rotatable bonds is 3. The number of nitrogens with two attached hydrogens (primary N) is 1. The van der Waals surface area contributed by atoms with Gasteiger partial charge in [0.25, 0.3) is 0 Å².